The van der Waals surface area contributed by atoms with Gasteiger partial charge in [-0.2, -0.15) is 5.10 Å². The maximum atomic E-state index is 13.2. The van der Waals surface area contributed by atoms with E-state index < -0.39 is 6.04 Å². The molecular weight excluding hydrogens is 388 g/mol. The maximum Gasteiger partial charge on any atom is 0.310 e. The number of aryl methyl sites for hydroxylation is 1. The summed E-state index contributed by atoms with van der Waals surface area (Å²) in [5.41, 5.74) is 1.47. The summed E-state index contributed by atoms with van der Waals surface area (Å²) in [7, 11) is 0. The zero-order valence-electron chi connectivity index (χ0n) is 17.5. The highest BCUT2D eigenvalue weighted by atomic mass is 16.5. The van der Waals surface area contributed by atoms with Crippen molar-refractivity contribution in [2.75, 3.05) is 19.7 Å². The molecule has 3 aromatic heterocycles. The van der Waals surface area contributed by atoms with E-state index in [0.29, 0.717) is 49.5 Å². The fourth-order valence-corrected chi connectivity index (χ4v) is 4.18. The van der Waals surface area contributed by atoms with Gasteiger partial charge in [0.2, 0.25) is 5.91 Å². The molecule has 0 spiro atoms. The van der Waals surface area contributed by atoms with E-state index >= 15 is 0 Å². The zero-order chi connectivity index (χ0) is 21.4. The van der Waals surface area contributed by atoms with Gasteiger partial charge < -0.3 is 14.1 Å². The van der Waals surface area contributed by atoms with Gasteiger partial charge in [-0.25, -0.2) is 4.68 Å². The second-order valence-electron chi connectivity index (χ2n) is 7.61. The van der Waals surface area contributed by atoms with Gasteiger partial charge in [-0.15, -0.1) is 0 Å². The van der Waals surface area contributed by atoms with Crippen LogP contribution in [0.15, 0.2) is 27.6 Å². The van der Waals surface area contributed by atoms with Gasteiger partial charge in [-0.1, -0.05) is 6.92 Å². The fourth-order valence-electron chi connectivity index (χ4n) is 4.18. The van der Waals surface area contributed by atoms with Gasteiger partial charge in [0.1, 0.15) is 17.4 Å². The molecule has 0 unspecified atom stereocenters. The Balaban J connectivity index is 1.66. The van der Waals surface area contributed by atoms with Gasteiger partial charge in [0.05, 0.1) is 24.3 Å². The molecule has 0 radical (unpaired) electrons. The quantitative estimate of drug-likeness (QED) is 0.594. The number of hydrogen-bond donors (Lipinski definition) is 0. The summed E-state index contributed by atoms with van der Waals surface area (Å²) >= 11 is 0. The van der Waals surface area contributed by atoms with Crippen molar-refractivity contribution in [2.24, 2.45) is 5.92 Å². The Kier molecular flexibility index (Phi) is 5.36. The van der Waals surface area contributed by atoms with Crippen LogP contribution in [0, 0.1) is 5.92 Å². The van der Waals surface area contributed by atoms with Crippen molar-refractivity contribution in [2.45, 2.75) is 46.1 Å². The number of esters is 1. The lowest BCUT2D eigenvalue weighted by molar-refractivity contribution is -0.151. The highest BCUT2D eigenvalue weighted by molar-refractivity contribution is 5.83. The second-order valence-corrected chi connectivity index (χ2v) is 7.61. The second kappa shape index (κ2) is 7.97. The van der Waals surface area contributed by atoms with Gasteiger partial charge in [0.15, 0.2) is 5.58 Å². The topological polar surface area (TPSA) is 99.1 Å². The minimum Gasteiger partial charge on any atom is -0.466 e. The summed E-state index contributed by atoms with van der Waals surface area (Å²) in [5.74, 6) is -0.155. The lowest BCUT2D eigenvalue weighted by Gasteiger charge is -2.33. The maximum absolute atomic E-state index is 13.2. The summed E-state index contributed by atoms with van der Waals surface area (Å²) in [6.45, 7) is 6.56. The SMILES string of the molecule is CCOC(=O)[C@H]1CCCN(C(=O)[C@@H](C)n2nc(CC)n3c(cc4occc43)c2=O)C1. The van der Waals surface area contributed by atoms with Crippen LogP contribution in [0.4, 0.5) is 0 Å². The van der Waals surface area contributed by atoms with Crippen molar-refractivity contribution in [1.82, 2.24) is 19.1 Å². The number of amides is 1. The molecular formula is C21H26N4O5. The Morgan fingerprint density at radius 1 is 1.33 bits per heavy atom. The summed E-state index contributed by atoms with van der Waals surface area (Å²) in [6, 6.07) is 2.70. The molecule has 1 amide bonds. The number of ether oxygens (including phenoxy) is 1. The first-order chi connectivity index (χ1) is 14.5. The number of hydrogen-bond acceptors (Lipinski definition) is 6. The Hall–Kier alpha value is -3.10. The van der Waals surface area contributed by atoms with E-state index in [4.69, 9.17) is 9.15 Å². The number of piperidine rings is 1. The molecule has 0 bridgehead atoms. The average molecular weight is 414 g/mol. The molecule has 30 heavy (non-hydrogen) atoms. The van der Waals surface area contributed by atoms with Crippen molar-refractivity contribution < 1.29 is 18.7 Å². The largest absolute Gasteiger partial charge is 0.466 e. The lowest BCUT2D eigenvalue weighted by atomic mass is 9.97. The number of likely N-dealkylation sites (tertiary alicyclic amines) is 1. The number of carbonyl (C=O) groups is 2. The molecule has 2 atom stereocenters. The predicted molar refractivity (Wildman–Crippen MR) is 109 cm³/mol. The average Bonchev–Trinajstić information content (AvgIpc) is 3.35. The highest BCUT2D eigenvalue weighted by Crippen LogP contribution is 2.23. The Bertz CT molecular complexity index is 1160. The van der Waals surface area contributed by atoms with Crippen molar-refractivity contribution in [1.29, 1.82) is 0 Å². The van der Waals surface area contributed by atoms with Crippen LogP contribution in [-0.2, 0) is 20.7 Å². The molecule has 160 valence electrons. The first-order valence-corrected chi connectivity index (χ1v) is 10.4. The number of rotatable bonds is 5. The van der Waals surface area contributed by atoms with Crippen LogP contribution in [0.25, 0.3) is 16.6 Å². The molecule has 4 rings (SSSR count). The molecule has 1 aliphatic rings. The van der Waals surface area contributed by atoms with E-state index in [1.54, 1.807) is 41.5 Å². The highest BCUT2D eigenvalue weighted by Gasteiger charge is 2.32. The molecule has 9 heteroatoms. The first-order valence-electron chi connectivity index (χ1n) is 10.4. The van der Waals surface area contributed by atoms with Crippen molar-refractivity contribution in [3.8, 4) is 0 Å². The fraction of sp³-hybridized carbons (Fsp3) is 0.524. The van der Waals surface area contributed by atoms with Crippen LogP contribution in [0.3, 0.4) is 0 Å². The van der Waals surface area contributed by atoms with Crippen molar-refractivity contribution >= 4 is 28.5 Å². The van der Waals surface area contributed by atoms with Crippen molar-refractivity contribution in [3.05, 3.63) is 34.6 Å². The van der Waals surface area contributed by atoms with Gasteiger partial charge >= 0.3 is 5.97 Å². The minimum absolute atomic E-state index is 0.222. The summed E-state index contributed by atoms with van der Waals surface area (Å²) in [6.07, 6.45) is 3.58. The molecule has 1 aliphatic heterocycles. The van der Waals surface area contributed by atoms with E-state index in [1.807, 2.05) is 6.92 Å². The van der Waals surface area contributed by atoms with Crippen LogP contribution in [0.5, 0.6) is 0 Å². The van der Waals surface area contributed by atoms with E-state index in [2.05, 4.69) is 5.10 Å². The van der Waals surface area contributed by atoms with Crippen LogP contribution < -0.4 is 5.56 Å². The van der Waals surface area contributed by atoms with Crippen LogP contribution in [0.2, 0.25) is 0 Å². The number of aromatic nitrogens is 3. The zero-order valence-corrected chi connectivity index (χ0v) is 17.5. The predicted octanol–water partition coefficient (Wildman–Crippen LogP) is 2.17. The molecule has 1 fully saturated rings. The smallest absolute Gasteiger partial charge is 0.310 e. The van der Waals surface area contributed by atoms with Crippen LogP contribution in [0.1, 0.15) is 45.5 Å². The van der Waals surface area contributed by atoms with Crippen molar-refractivity contribution in [3.63, 3.8) is 0 Å². The third-order valence-electron chi connectivity index (χ3n) is 5.72. The van der Waals surface area contributed by atoms with E-state index in [9.17, 15) is 14.4 Å². The van der Waals surface area contributed by atoms with E-state index in [-0.39, 0.29) is 23.4 Å². The third kappa shape index (κ3) is 3.28. The van der Waals surface area contributed by atoms with E-state index in [1.165, 1.54) is 4.68 Å². The molecule has 0 aliphatic carbocycles. The van der Waals surface area contributed by atoms with Gasteiger partial charge in [-0.3, -0.25) is 18.8 Å². The molecule has 0 N–H and O–H groups in total. The summed E-state index contributed by atoms with van der Waals surface area (Å²) < 4.78 is 13.6. The van der Waals surface area contributed by atoms with Crippen LogP contribution >= 0.6 is 0 Å². The van der Waals surface area contributed by atoms with Gasteiger partial charge in [0, 0.05) is 31.6 Å². The van der Waals surface area contributed by atoms with Crippen LogP contribution in [-0.4, -0.2) is 50.7 Å². The molecule has 1 saturated heterocycles. The van der Waals surface area contributed by atoms with Gasteiger partial charge in [-0.05, 0) is 26.7 Å². The monoisotopic (exact) mass is 414 g/mol. The number of fused-ring (bicyclic) bond motifs is 3. The lowest BCUT2D eigenvalue weighted by Crippen LogP contribution is -2.47. The number of nitrogens with zero attached hydrogens (tertiary/aromatic N) is 4. The van der Waals surface area contributed by atoms with E-state index in [0.717, 1.165) is 11.9 Å². The third-order valence-corrected chi connectivity index (χ3v) is 5.72. The Morgan fingerprint density at radius 3 is 2.87 bits per heavy atom. The molecule has 3 aromatic rings. The standard InChI is InChI=1S/C21H26N4O5/c1-4-18-22-25(20(27)16-11-17-15(24(16)18)8-10-30-17)13(3)19(26)23-9-6-7-14(12-23)21(28)29-5-2/h8,10-11,13-14H,4-7,9,12H2,1-3H3/t13-,14+/m1/s1. The first kappa shape index (κ1) is 20.2. The minimum atomic E-state index is -0.782. The Morgan fingerprint density at radius 2 is 2.13 bits per heavy atom. The summed E-state index contributed by atoms with van der Waals surface area (Å²) in [5, 5.41) is 4.51. The Labute approximate surface area is 173 Å². The molecule has 9 nitrogen and oxygen atoms in total. The van der Waals surface area contributed by atoms with Gasteiger partial charge in [0.25, 0.3) is 5.56 Å². The normalized spacial score (nSPS) is 18.1. The summed E-state index contributed by atoms with van der Waals surface area (Å²) in [4.78, 5) is 40.1. The molecule has 4 heterocycles. The number of carbonyl (C=O) groups excluding carboxylic acids is 2. The number of furan rings is 1. The molecule has 0 saturated carbocycles. The molecule has 0 aromatic carbocycles.